The lowest BCUT2D eigenvalue weighted by atomic mass is 9.88. The molecular formula is C21H20Cl2F2N4O3. The van der Waals surface area contributed by atoms with E-state index in [1.807, 2.05) is 0 Å². The van der Waals surface area contributed by atoms with Crippen LogP contribution in [-0.4, -0.2) is 27.7 Å². The monoisotopic (exact) mass is 484 g/mol. The SMILES string of the molecule is CC(C)(C(=O)NCc1cc(Cl)c(C2CCC(=O)NC2=O)c(Cl)c1)c1cnc(C(F)F)cn1. The van der Waals surface area contributed by atoms with E-state index in [2.05, 4.69) is 20.6 Å². The van der Waals surface area contributed by atoms with Gasteiger partial charge in [0.1, 0.15) is 5.69 Å². The van der Waals surface area contributed by atoms with Crippen LogP contribution in [0.2, 0.25) is 10.0 Å². The van der Waals surface area contributed by atoms with Crippen LogP contribution in [0.3, 0.4) is 0 Å². The van der Waals surface area contributed by atoms with Crippen LogP contribution in [0.5, 0.6) is 0 Å². The summed E-state index contributed by atoms with van der Waals surface area (Å²) >= 11 is 12.7. The summed E-state index contributed by atoms with van der Waals surface area (Å²) < 4.78 is 25.3. The second-order valence-corrected chi connectivity index (χ2v) is 8.73. The molecule has 0 spiro atoms. The van der Waals surface area contributed by atoms with Crippen molar-refractivity contribution in [2.75, 3.05) is 0 Å². The molecule has 2 aromatic rings. The van der Waals surface area contributed by atoms with Gasteiger partial charge in [-0.05, 0) is 38.0 Å². The van der Waals surface area contributed by atoms with Crippen molar-refractivity contribution in [1.29, 1.82) is 0 Å². The molecule has 11 heteroatoms. The largest absolute Gasteiger partial charge is 0.351 e. The predicted octanol–water partition coefficient (Wildman–Crippen LogP) is 3.84. The summed E-state index contributed by atoms with van der Waals surface area (Å²) in [6, 6.07) is 3.19. The molecule has 1 fully saturated rings. The average molecular weight is 485 g/mol. The molecule has 7 nitrogen and oxygen atoms in total. The van der Waals surface area contributed by atoms with E-state index in [1.54, 1.807) is 26.0 Å². The fraction of sp³-hybridized carbons (Fsp3) is 0.381. The van der Waals surface area contributed by atoms with E-state index in [1.165, 1.54) is 0 Å². The predicted molar refractivity (Wildman–Crippen MR) is 113 cm³/mol. The molecule has 0 radical (unpaired) electrons. The van der Waals surface area contributed by atoms with E-state index in [4.69, 9.17) is 23.2 Å². The van der Waals surface area contributed by atoms with Gasteiger partial charge in [0.2, 0.25) is 17.7 Å². The molecule has 3 rings (SSSR count). The molecule has 3 amide bonds. The Kier molecular flexibility index (Phi) is 7.09. The Morgan fingerprint density at radius 2 is 1.88 bits per heavy atom. The number of amides is 3. The molecule has 1 aromatic heterocycles. The highest BCUT2D eigenvalue weighted by molar-refractivity contribution is 6.36. The zero-order valence-electron chi connectivity index (χ0n) is 17.2. The highest BCUT2D eigenvalue weighted by atomic mass is 35.5. The summed E-state index contributed by atoms with van der Waals surface area (Å²) in [6.45, 7) is 3.28. The molecule has 170 valence electrons. The summed E-state index contributed by atoms with van der Waals surface area (Å²) in [6.07, 6.45) is -0.144. The van der Waals surface area contributed by atoms with Crippen LogP contribution in [0.15, 0.2) is 24.5 Å². The highest BCUT2D eigenvalue weighted by Gasteiger charge is 2.33. The number of piperidine rings is 1. The van der Waals surface area contributed by atoms with Gasteiger partial charge in [0.15, 0.2) is 0 Å². The number of benzene rings is 1. The van der Waals surface area contributed by atoms with Crippen molar-refractivity contribution in [2.24, 2.45) is 0 Å². The van der Waals surface area contributed by atoms with Gasteiger partial charge >= 0.3 is 0 Å². The third kappa shape index (κ3) is 5.05. The van der Waals surface area contributed by atoms with E-state index < -0.39 is 35.3 Å². The minimum absolute atomic E-state index is 0.0832. The zero-order valence-corrected chi connectivity index (χ0v) is 18.7. The van der Waals surface area contributed by atoms with Crippen molar-refractivity contribution in [3.8, 4) is 0 Å². The number of aromatic nitrogens is 2. The van der Waals surface area contributed by atoms with Gasteiger partial charge in [0.25, 0.3) is 6.43 Å². The maximum atomic E-state index is 12.7. The normalized spacial score (nSPS) is 16.8. The molecule has 0 aliphatic carbocycles. The standard InChI is InChI=1S/C21H20Cl2F2N4O3/c1-21(2,15-9-26-14(8-27-15)18(24)25)20(32)28-7-10-5-12(22)17(13(23)6-10)11-3-4-16(30)29-19(11)31/h5-6,8-9,11,18H,3-4,7H2,1-2H3,(H,28,32)(H,29,30,31). The van der Waals surface area contributed by atoms with Crippen LogP contribution in [0, 0.1) is 0 Å². The number of halogens is 4. The van der Waals surface area contributed by atoms with Gasteiger partial charge < -0.3 is 5.32 Å². The van der Waals surface area contributed by atoms with Crippen LogP contribution < -0.4 is 10.6 Å². The highest BCUT2D eigenvalue weighted by Crippen LogP contribution is 2.37. The van der Waals surface area contributed by atoms with Gasteiger partial charge in [-0.25, -0.2) is 8.78 Å². The summed E-state index contributed by atoms with van der Waals surface area (Å²) in [7, 11) is 0. The number of alkyl halides is 2. The quantitative estimate of drug-likeness (QED) is 0.606. The molecule has 0 bridgehead atoms. The van der Waals surface area contributed by atoms with Crippen LogP contribution in [0.4, 0.5) is 8.78 Å². The van der Waals surface area contributed by atoms with Crippen LogP contribution in [0.25, 0.3) is 0 Å². The number of nitrogens with zero attached hydrogens (tertiary/aromatic N) is 2. The van der Waals surface area contributed by atoms with E-state index in [0.29, 0.717) is 17.5 Å². The molecule has 1 aromatic carbocycles. The van der Waals surface area contributed by atoms with Crippen molar-refractivity contribution in [1.82, 2.24) is 20.6 Å². The van der Waals surface area contributed by atoms with Crippen molar-refractivity contribution in [2.45, 2.75) is 51.0 Å². The fourth-order valence-corrected chi connectivity index (χ4v) is 4.13. The van der Waals surface area contributed by atoms with Crippen LogP contribution >= 0.6 is 23.2 Å². The summed E-state index contributed by atoms with van der Waals surface area (Å²) in [5, 5.41) is 5.53. The smallest absolute Gasteiger partial charge is 0.281 e. The summed E-state index contributed by atoms with van der Waals surface area (Å²) in [5.74, 6) is -1.83. The van der Waals surface area contributed by atoms with Gasteiger partial charge in [0.05, 0.1) is 29.4 Å². The Morgan fingerprint density at radius 3 is 2.41 bits per heavy atom. The average Bonchev–Trinajstić information content (AvgIpc) is 2.73. The first-order valence-electron chi connectivity index (χ1n) is 9.71. The number of carbonyl (C=O) groups excluding carboxylic acids is 3. The summed E-state index contributed by atoms with van der Waals surface area (Å²) in [5.41, 5.74) is -0.329. The third-order valence-corrected chi connectivity index (χ3v) is 5.91. The van der Waals surface area contributed by atoms with E-state index in [-0.39, 0.29) is 34.6 Å². The van der Waals surface area contributed by atoms with Crippen molar-refractivity contribution >= 4 is 40.9 Å². The molecule has 1 unspecified atom stereocenters. The number of rotatable bonds is 6. The number of nitrogens with one attached hydrogen (secondary N) is 2. The number of hydrogen-bond donors (Lipinski definition) is 2. The van der Waals surface area contributed by atoms with E-state index >= 15 is 0 Å². The van der Waals surface area contributed by atoms with Gasteiger partial charge in [-0.2, -0.15) is 0 Å². The lowest BCUT2D eigenvalue weighted by molar-refractivity contribution is -0.134. The number of carbonyl (C=O) groups is 3. The minimum atomic E-state index is -2.74. The van der Waals surface area contributed by atoms with Crippen LogP contribution in [0.1, 0.15) is 61.5 Å². The van der Waals surface area contributed by atoms with Gasteiger partial charge in [-0.3, -0.25) is 29.7 Å². The van der Waals surface area contributed by atoms with Gasteiger partial charge in [0, 0.05) is 28.6 Å². The number of imide groups is 1. The third-order valence-electron chi connectivity index (χ3n) is 5.28. The fourth-order valence-electron chi connectivity index (χ4n) is 3.33. The second-order valence-electron chi connectivity index (χ2n) is 7.91. The van der Waals surface area contributed by atoms with E-state index in [0.717, 1.165) is 12.4 Å². The Labute approximate surface area is 192 Å². The molecule has 1 saturated heterocycles. The maximum Gasteiger partial charge on any atom is 0.281 e. The Bertz CT molecular complexity index is 1040. The Balaban J connectivity index is 1.71. The van der Waals surface area contributed by atoms with Gasteiger partial charge in [-0.1, -0.05) is 23.2 Å². The summed E-state index contributed by atoms with van der Waals surface area (Å²) in [4.78, 5) is 43.9. The molecule has 1 aliphatic rings. The minimum Gasteiger partial charge on any atom is -0.351 e. The molecule has 1 atom stereocenters. The van der Waals surface area contributed by atoms with Gasteiger partial charge in [-0.15, -0.1) is 0 Å². The first-order valence-corrected chi connectivity index (χ1v) is 10.5. The Hall–Kier alpha value is -2.65. The van der Waals surface area contributed by atoms with Crippen LogP contribution in [-0.2, 0) is 26.3 Å². The molecule has 0 saturated carbocycles. The first-order chi connectivity index (χ1) is 15.0. The van der Waals surface area contributed by atoms with Crippen molar-refractivity contribution in [3.63, 3.8) is 0 Å². The maximum absolute atomic E-state index is 12.7. The lowest BCUT2D eigenvalue weighted by Crippen LogP contribution is -2.40. The van der Waals surface area contributed by atoms with E-state index in [9.17, 15) is 23.2 Å². The molecule has 32 heavy (non-hydrogen) atoms. The Morgan fingerprint density at radius 1 is 1.22 bits per heavy atom. The van der Waals surface area contributed by atoms with Crippen molar-refractivity contribution in [3.05, 3.63) is 57.1 Å². The zero-order chi connectivity index (χ0) is 23.6. The lowest BCUT2D eigenvalue weighted by Gasteiger charge is -2.24. The first kappa shape index (κ1) is 24.0. The molecule has 1 aliphatic heterocycles. The van der Waals surface area contributed by atoms with Crippen molar-refractivity contribution < 1.29 is 23.2 Å². The molecule has 2 heterocycles. The molecule has 2 N–H and O–H groups in total. The number of hydrogen-bond acceptors (Lipinski definition) is 5. The molecular weight excluding hydrogens is 465 g/mol. The topological polar surface area (TPSA) is 101 Å². The second kappa shape index (κ2) is 9.46.